The molecule has 196 valence electrons. The molecule has 4 aromatic rings. The molecule has 0 aliphatic heterocycles. The molecule has 4 aromatic carbocycles. The van der Waals surface area contributed by atoms with Crippen molar-refractivity contribution in [2.75, 3.05) is 0 Å². The van der Waals surface area contributed by atoms with E-state index < -0.39 is 16.1 Å². The molecular weight excluding hydrogens is 501 g/mol. The van der Waals surface area contributed by atoms with Gasteiger partial charge in [-0.3, -0.25) is 9.98 Å². The van der Waals surface area contributed by atoms with E-state index in [1.807, 2.05) is 38.1 Å². The largest absolute Gasteiger partial charge is 0.507 e. The summed E-state index contributed by atoms with van der Waals surface area (Å²) in [5.41, 5.74) is 4.54. The number of aryl methyl sites for hydroxylation is 2. The van der Waals surface area contributed by atoms with Crippen LogP contribution in [0.3, 0.4) is 0 Å². The summed E-state index contributed by atoms with van der Waals surface area (Å²) in [5.74, 6) is 0.510. The van der Waals surface area contributed by atoms with Gasteiger partial charge in [-0.15, -0.1) is 0 Å². The highest BCUT2D eigenvalue weighted by molar-refractivity contribution is 6.89. The van der Waals surface area contributed by atoms with Gasteiger partial charge in [0.05, 0.1) is 27.5 Å². The number of hydrogen-bond acceptors (Lipinski definition) is 4. The average Bonchev–Trinajstić information content (AvgIpc) is 2.84. The van der Waals surface area contributed by atoms with E-state index in [1.165, 1.54) is 10.4 Å². The molecule has 2 N–H and O–H groups in total. The Bertz CT molecular complexity index is 1460. The molecular formula is C32H38N2O2Si2. The third-order valence-corrected chi connectivity index (χ3v) is 11.0. The van der Waals surface area contributed by atoms with Crippen molar-refractivity contribution >= 4 is 61.1 Å². The van der Waals surface area contributed by atoms with Crippen molar-refractivity contribution in [3.8, 4) is 11.5 Å². The molecule has 4 rings (SSSR count). The second-order valence-corrected chi connectivity index (χ2v) is 22.3. The lowest BCUT2D eigenvalue weighted by molar-refractivity contribution is 0.470. The monoisotopic (exact) mass is 538 g/mol. The number of benzene rings is 4. The molecule has 0 aromatic heterocycles. The Morgan fingerprint density at radius 1 is 0.579 bits per heavy atom. The van der Waals surface area contributed by atoms with Gasteiger partial charge < -0.3 is 10.2 Å². The van der Waals surface area contributed by atoms with Crippen molar-refractivity contribution in [1.29, 1.82) is 0 Å². The maximum atomic E-state index is 10.8. The molecule has 38 heavy (non-hydrogen) atoms. The SMILES string of the molecule is Cc1cc([Si](C)(C)C)cc(C=Nc2cc3ccccc3cc2N=Cc2cc([Si](C)(C)C)cc(C)c2O)c1O. The van der Waals surface area contributed by atoms with Gasteiger partial charge in [0.1, 0.15) is 11.5 Å². The minimum absolute atomic E-state index is 0.255. The van der Waals surface area contributed by atoms with E-state index in [9.17, 15) is 10.2 Å². The lowest BCUT2D eigenvalue weighted by Crippen LogP contribution is -2.38. The minimum atomic E-state index is -1.57. The number of aromatic hydroxyl groups is 2. The lowest BCUT2D eigenvalue weighted by atomic mass is 10.1. The highest BCUT2D eigenvalue weighted by atomic mass is 28.3. The number of phenols is 2. The second-order valence-electron chi connectivity index (χ2n) is 12.2. The van der Waals surface area contributed by atoms with Crippen LogP contribution in [0.15, 0.2) is 70.6 Å². The van der Waals surface area contributed by atoms with Gasteiger partial charge in [0, 0.05) is 23.6 Å². The quantitative estimate of drug-likeness (QED) is 0.198. The van der Waals surface area contributed by atoms with Crippen LogP contribution < -0.4 is 10.4 Å². The summed E-state index contributed by atoms with van der Waals surface area (Å²) in [7, 11) is -3.14. The third kappa shape index (κ3) is 5.97. The molecule has 0 saturated carbocycles. The van der Waals surface area contributed by atoms with Crippen molar-refractivity contribution in [3.63, 3.8) is 0 Å². The third-order valence-electron chi connectivity index (χ3n) is 6.92. The standard InChI is InChI=1S/C32H38N2O2Si2/c1-21-13-27(37(3,4)5)15-25(31(21)35)19-33-29-17-23-11-9-10-12-24(23)18-30(29)34-20-26-16-28(38(6,7)8)14-22(2)32(26)36/h9-20,35-36H,1-8H3. The van der Waals surface area contributed by atoms with Gasteiger partial charge in [0.15, 0.2) is 0 Å². The topological polar surface area (TPSA) is 65.2 Å². The van der Waals surface area contributed by atoms with Gasteiger partial charge in [-0.25, -0.2) is 0 Å². The molecule has 0 bridgehead atoms. The van der Waals surface area contributed by atoms with Crippen molar-refractivity contribution in [2.45, 2.75) is 53.1 Å². The Balaban J connectivity index is 1.83. The lowest BCUT2D eigenvalue weighted by Gasteiger charge is -2.19. The molecule has 0 unspecified atom stereocenters. The Hall–Kier alpha value is -3.49. The van der Waals surface area contributed by atoms with Gasteiger partial charge in [-0.1, -0.05) is 98.2 Å². The zero-order valence-electron chi connectivity index (χ0n) is 23.7. The van der Waals surface area contributed by atoms with Crippen molar-refractivity contribution < 1.29 is 10.2 Å². The first kappa shape index (κ1) is 27.5. The zero-order chi connectivity index (χ0) is 27.8. The van der Waals surface area contributed by atoms with Crippen molar-refractivity contribution in [3.05, 3.63) is 82.9 Å². The molecule has 0 aliphatic carbocycles. The maximum absolute atomic E-state index is 10.8. The fraction of sp³-hybridized carbons (Fsp3) is 0.250. The highest BCUT2D eigenvalue weighted by Gasteiger charge is 2.20. The Morgan fingerprint density at radius 3 is 1.29 bits per heavy atom. The molecule has 0 spiro atoms. The normalized spacial score (nSPS) is 12.7. The fourth-order valence-electron chi connectivity index (χ4n) is 4.38. The second kappa shape index (κ2) is 10.3. The number of fused-ring (bicyclic) bond motifs is 1. The van der Waals surface area contributed by atoms with Crippen LogP contribution in [0.4, 0.5) is 11.4 Å². The summed E-state index contributed by atoms with van der Waals surface area (Å²) in [6.45, 7) is 17.6. The summed E-state index contributed by atoms with van der Waals surface area (Å²) in [6, 6.07) is 20.5. The summed E-state index contributed by atoms with van der Waals surface area (Å²) < 4.78 is 0. The van der Waals surface area contributed by atoms with Crippen molar-refractivity contribution in [2.24, 2.45) is 9.98 Å². The summed E-state index contributed by atoms with van der Waals surface area (Å²) in [6.07, 6.45) is 3.48. The van der Waals surface area contributed by atoms with Gasteiger partial charge in [0.2, 0.25) is 0 Å². The molecule has 4 nitrogen and oxygen atoms in total. The van der Waals surface area contributed by atoms with E-state index in [4.69, 9.17) is 9.98 Å². The van der Waals surface area contributed by atoms with E-state index in [0.717, 1.165) is 21.9 Å². The van der Waals surface area contributed by atoms with Crippen LogP contribution in [0, 0.1) is 13.8 Å². The first-order chi connectivity index (χ1) is 17.7. The van der Waals surface area contributed by atoms with Crippen LogP contribution >= 0.6 is 0 Å². The van der Waals surface area contributed by atoms with Crippen LogP contribution in [-0.4, -0.2) is 38.8 Å². The maximum Gasteiger partial charge on any atom is 0.127 e. The van der Waals surface area contributed by atoms with E-state index in [0.29, 0.717) is 22.5 Å². The zero-order valence-corrected chi connectivity index (χ0v) is 25.7. The van der Waals surface area contributed by atoms with Crippen LogP contribution in [0.5, 0.6) is 11.5 Å². The van der Waals surface area contributed by atoms with Gasteiger partial charge in [-0.05, 0) is 47.9 Å². The van der Waals surface area contributed by atoms with Crippen LogP contribution in [-0.2, 0) is 0 Å². The number of phenolic OH excluding ortho intramolecular Hbond substituents is 2. The molecule has 0 atom stereocenters. The van der Waals surface area contributed by atoms with Crippen LogP contribution in [0.2, 0.25) is 39.3 Å². The summed E-state index contributed by atoms with van der Waals surface area (Å²) in [4.78, 5) is 9.64. The van der Waals surface area contributed by atoms with E-state index in [1.54, 1.807) is 12.4 Å². The number of aliphatic imine (C=N–C) groups is 2. The summed E-state index contributed by atoms with van der Waals surface area (Å²) in [5, 5.41) is 26.2. The molecule has 0 radical (unpaired) electrons. The Morgan fingerprint density at radius 2 is 0.947 bits per heavy atom. The number of nitrogens with zero attached hydrogens (tertiary/aromatic N) is 2. The predicted molar refractivity (Wildman–Crippen MR) is 170 cm³/mol. The van der Waals surface area contributed by atoms with E-state index in [2.05, 4.69) is 75.7 Å². The molecule has 0 amide bonds. The van der Waals surface area contributed by atoms with Gasteiger partial charge >= 0.3 is 0 Å². The predicted octanol–water partition coefficient (Wildman–Crippen LogP) is 7.46. The number of rotatable bonds is 6. The summed E-state index contributed by atoms with van der Waals surface area (Å²) >= 11 is 0. The molecule has 6 heteroatoms. The fourth-order valence-corrected chi connectivity index (χ4v) is 6.85. The van der Waals surface area contributed by atoms with Gasteiger partial charge in [-0.2, -0.15) is 0 Å². The average molecular weight is 539 g/mol. The molecule has 0 saturated heterocycles. The molecule has 0 aliphatic rings. The van der Waals surface area contributed by atoms with E-state index in [-0.39, 0.29) is 11.5 Å². The number of hydrogen-bond donors (Lipinski definition) is 2. The smallest absolute Gasteiger partial charge is 0.127 e. The Kier molecular flexibility index (Phi) is 7.50. The Labute approximate surface area is 228 Å². The van der Waals surface area contributed by atoms with E-state index >= 15 is 0 Å². The van der Waals surface area contributed by atoms with Crippen molar-refractivity contribution in [1.82, 2.24) is 0 Å². The van der Waals surface area contributed by atoms with Gasteiger partial charge in [0.25, 0.3) is 0 Å². The van der Waals surface area contributed by atoms with Crippen LogP contribution in [0.25, 0.3) is 10.8 Å². The first-order valence-corrected chi connectivity index (χ1v) is 20.0. The minimum Gasteiger partial charge on any atom is -0.507 e. The highest BCUT2D eigenvalue weighted by Crippen LogP contribution is 2.34. The first-order valence-electron chi connectivity index (χ1n) is 13.0. The molecule has 0 fully saturated rings. The van der Waals surface area contributed by atoms with Crippen LogP contribution in [0.1, 0.15) is 22.3 Å². The molecule has 0 heterocycles.